The first-order valence-electron chi connectivity index (χ1n) is 22.3. The summed E-state index contributed by atoms with van der Waals surface area (Å²) in [7, 11) is 11.8. The first kappa shape index (κ1) is 49.9. The fraction of sp³-hybridized carbons (Fsp3) is 0.143. The molecular formula is C56H60N8O5+2. The monoisotopic (exact) mass is 924 g/mol. The molecule has 0 fully saturated rings. The van der Waals surface area contributed by atoms with Crippen LogP contribution in [0.15, 0.2) is 186 Å². The zero-order chi connectivity index (χ0) is 49.3. The second-order valence-electron chi connectivity index (χ2n) is 15.7. The molecule has 0 aliphatic carbocycles. The number of carbonyl (C=O) groups excluding carboxylic acids is 2. The molecule has 0 radical (unpaired) electrons. The van der Waals surface area contributed by atoms with Gasteiger partial charge in [0.15, 0.2) is 11.4 Å². The summed E-state index contributed by atoms with van der Waals surface area (Å²) >= 11 is 0. The SMILES string of the molecule is C=C(/C=C\c1ccccc1[NH2+]C)/C(=N/N(C)c1ccc(NCc2cccc(-c3ccc([NH2+]C)c(/C=C\C(=C)/C(=N/N(C)c4ccc(Nc5ccc(OC)cc5)cc4)C(=O)OC)c3)c2)cc1)C(=O)OC. The number of nitrogens with zero attached hydrogens (tertiary/aromatic N) is 4. The van der Waals surface area contributed by atoms with Gasteiger partial charge in [-0.25, -0.2) is 9.59 Å². The van der Waals surface area contributed by atoms with Crippen LogP contribution in [0.2, 0.25) is 0 Å². The molecule has 0 spiro atoms. The number of rotatable bonds is 21. The molecule has 6 aromatic rings. The third-order valence-corrected chi connectivity index (χ3v) is 11.1. The van der Waals surface area contributed by atoms with Crippen molar-refractivity contribution in [2.45, 2.75) is 6.54 Å². The van der Waals surface area contributed by atoms with Gasteiger partial charge in [-0.05, 0) is 132 Å². The Morgan fingerprint density at radius 1 is 0.594 bits per heavy atom. The van der Waals surface area contributed by atoms with E-state index in [1.54, 1.807) is 43.4 Å². The maximum atomic E-state index is 13.0. The number of esters is 2. The number of para-hydroxylation sites is 1. The first-order chi connectivity index (χ1) is 33.4. The first-order valence-corrected chi connectivity index (χ1v) is 22.3. The van der Waals surface area contributed by atoms with Crippen molar-refractivity contribution in [3.8, 4) is 16.9 Å². The number of methoxy groups -OCH3 is 3. The van der Waals surface area contributed by atoms with E-state index >= 15 is 0 Å². The van der Waals surface area contributed by atoms with Crippen LogP contribution in [0.1, 0.15) is 16.7 Å². The summed E-state index contributed by atoms with van der Waals surface area (Å²) < 4.78 is 15.4. The Bertz CT molecular complexity index is 2890. The van der Waals surface area contributed by atoms with E-state index in [4.69, 9.17) is 14.2 Å². The molecule has 0 amide bonds. The Balaban J connectivity index is 1.11. The topological polar surface area (TPSA) is 150 Å². The molecule has 13 heteroatoms. The highest BCUT2D eigenvalue weighted by molar-refractivity contribution is 6.44. The van der Waals surface area contributed by atoms with E-state index in [2.05, 4.69) is 70.4 Å². The molecule has 69 heavy (non-hydrogen) atoms. The van der Waals surface area contributed by atoms with E-state index in [0.717, 1.165) is 73.4 Å². The van der Waals surface area contributed by atoms with E-state index in [1.807, 2.05) is 140 Å². The quantitative estimate of drug-likeness (QED) is 0.0183. The van der Waals surface area contributed by atoms with Crippen LogP contribution >= 0.6 is 0 Å². The van der Waals surface area contributed by atoms with Crippen LogP contribution in [0.5, 0.6) is 5.75 Å². The molecular weight excluding hydrogens is 865 g/mol. The summed E-state index contributed by atoms with van der Waals surface area (Å²) in [5, 5.41) is 23.4. The van der Waals surface area contributed by atoms with Gasteiger partial charge in [0.1, 0.15) is 17.1 Å². The Morgan fingerprint density at radius 2 is 1.10 bits per heavy atom. The van der Waals surface area contributed by atoms with Crippen molar-refractivity contribution >= 4 is 75.3 Å². The minimum absolute atomic E-state index is 0.0801. The summed E-state index contributed by atoms with van der Waals surface area (Å²) in [6.07, 6.45) is 7.41. The molecule has 0 aromatic heterocycles. The molecule has 0 saturated carbocycles. The van der Waals surface area contributed by atoms with Gasteiger partial charge in [0, 0.05) is 66.0 Å². The summed E-state index contributed by atoms with van der Waals surface area (Å²) in [6, 6.07) is 45.8. The number of allylic oxidation sites excluding steroid dienone is 2. The number of nitrogens with two attached hydrogens (primary N) is 2. The Labute approximate surface area is 404 Å². The van der Waals surface area contributed by atoms with Crippen LogP contribution in [-0.2, 0) is 25.6 Å². The van der Waals surface area contributed by atoms with Crippen LogP contribution in [0.25, 0.3) is 23.3 Å². The molecule has 6 rings (SSSR count). The van der Waals surface area contributed by atoms with Crippen molar-refractivity contribution in [3.63, 3.8) is 0 Å². The predicted molar refractivity (Wildman–Crippen MR) is 282 cm³/mol. The van der Waals surface area contributed by atoms with E-state index in [-0.39, 0.29) is 11.4 Å². The van der Waals surface area contributed by atoms with Gasteiger partial charge in [-0.1, -0.05) is 55.6 Å². The van der Waals surface area contributed by atoms with Gasteiger partial charge in [-0.3, -0.25) is 10.0 Å². The summed E-state index contributed by atoms with van der Waals surface area (Å²) in [5.74, 6) is -0.396. The number of carbonyl (C=O) groups is 2. The molecule has 6 aromatic carbocycles. The number of quaternary nitrogens is 2. The minimum Gasteiger partial charge on any atom is -0.497 e. The van der Waals surface area contributed by atoms with Crippen molar-refractivity contribution in [2.75, 3.05) is 70.2 Å². The van der Waals surface area contributed by atoms with Crippen LogP contribution in [-0.4, -0.2) is 72.9 Å². The Hall–Kier alpha value is -8.52. The average Bonchev–Trinajstić information content (AvgIpc) is 3.39. The molecule has 0 saturated heterocycles. The molecule has 0 atom stereocenters. The van der Waals surface area contributed by atoms with Gasteiger partial charge in [-0.2, -0.15) is 10.2 Å². The molecule has 352 valence electrons. The largest absolute Gasteiger partial charge is 0.497 e. The van der Waals surface area contributed by atoms with Crippen LogP contribution < -0.4 is 36.0 Å². The number of hydrogen-bond acceptors (Lipinski definition) is 11. The van der Waals surface area contributed by atoms with Gasteiger partial charge >= 0.3 is 11.9 Å². The normalized spacial score (nSPS) is 11.6. The van der Waals surface area contributed by atoms with E-state index < -0.39 is 11.9 Å². The minimum atomic E-state index is -0.600. The molecule has 0 unspecified atom stereocenters. The predicted octanol–water partition coefficient (Wildman–Crippen LogP) is 8.84. The van der Waals surface area contributed by atoms with Crippen LogP contribution in [0, 0.1) is 0 Å². The van der Waals surface area contributed by atoms with Gasteiger partial charge in [0.2, 0.25) is 0 Å². The number of hydrazone groups is 2. The fourth-order valence-electron chi connectivity index (χ4n) is 7.17. The van der Waals surface area contributed by atoms with Crippen molar-refractivity contribution in [1.82, 2.24) is 0 Å². The maximum absolute atomic E-state index is 13.0. The standard InChI is InChI=1S/C56H58N8O5/c1-38(17-19-41-14-10-11-16-51(41)57-3)53(55(65)68-8)61-63(5)48-28-22-45(23-29-48)59-37-40-13-12-15-42(35-40)43-21-34-52(58-4)44(36-43)20-18-39(2)54(56(66)69-9)62-64(6)49-30-24-46(25-31-49)60-47-26-32-50(67-7)33-27-47/h10-36,57-60H,1-2,37H2,3-9H3/p+2/b19-17-,20-18-,61-53-,62-54-. The number of benzene rings is 6. The second-order valence-corrected chi connectivity index (χ2v) is 15.7. The highest BCUT2D eigenvalue weighted by atomic mass is 16.5. The van der Waals surface area contributed by atoms with Crippen molar-refractivity contribution in [1.29, 1.82) is 0 Å². The van der Waals surface area contributed by atoms with Gasteiger partial charge in [-0.15, -0.1) is 0 Å². The lowest BCUT2D eigenvalue weighted by Crippen LogP contribution is -2.73. The highest BCUT2D eigenvalue weighted by Crippen LogP contribution is 2.28. The van der Waals surface area contributed by atoms with Gasteiger partial charge in [0.05, 0.1) is 46.8 Å². The summed E-state index contributed by atoms with van der Waals surface area (Å²) in [4.78, 5) is 25.8. The number of hydrogen-bond donors (Lipinski definition) is 4. The second kappa shape index (κ2) is 24.3. The summed E-state index contributed by atoms with van der Waals surface area (Å²) in [5.41, 5.74) is 12.5. The lowest BCUT2D eigenvalue weighted by molar-refractivity contribution is -0.539. The Kier molecular flexibility index (Phi) is 17.6. The number of anilines is 5. The number of ether oxygens (including phenoxy) is 3. The molecule has 0 aliphatic heterocycles. The van der Waals surface area contributed by atoms with Crippen LogP contribution in [0.4, 0.5) is 39.8 Å². The maximum Gasteiger partial charge on any atom is 0.359 e. The smallest absolute Gasteiger partial charge is 0.359 e. The van der Waals surface area contributed by atoms with E-state index in [0.29, 0.717) is 17.7 Å². The lowest BCUT2D eigenvalue weighted by Gasteiger charge is -2.16. The summed E-state index contributed by atoms with van der Waals surface area (Å²) in [6.45, 7) is 8.89. The molecule has 6 N–H and O–H groups in total. The highest BCUT2D eigenvalue weighted by Gasteiger charge is 2.18. The van der Waals surface area contributed by atoms with E-state index in [1.165, 1.54) is 14.2 Å². The zero-order valence-corrected chi connectivity index (χ0v) is 40.2. The third-order valence-electron chi connectivity index (χ3n) is 11.1. The molecule has 13 nitrogen and oxygen atoms in total. The van der Waals surface area contributed by atoms with Crippen molar-refractivity contribution in [2.24, 2.45) is 10.2 Å². The Morgan fingerprint density at radius 3 is 1.65 bits per heavy atom. The molecule has 0 heterocycles. The van der Waals surface area contributed by atoms with Gasteiger partial charge in [0.25, 0.3) is 0 Å². The number of nitrogens with one attached hydrogen (secondary N) is 2. The fourth-order valence-corrected chi connectivity index (χ4v) is 7.17. The third kappa shape index (κ3) is 13.5. The van der Waals surface area contributed by atoms with Crippen molar-refractivity contribution in [3.05, 3.63) is 193 Å². The van der Waals surface area contributed by atoms with E-state index in [9.17, 15) is 9.59 Å². The van der Waals surface area contributed by atoms with Crippen LogP contribution in [0.3, 0.4) is 0 Å². The molecule has 0 bridgehead atoms. The molecule has 0 aliphatic rings. The average molecular weight is 925 g/mol. The zero-order valence-electron chi connectivity index (χ0n) is 40.2. The van der Waals surface area contributed by atoms with Crippen molar-refractivity contribution < 1.29 is 34.4 Å². The lowest BCUT2D eigenvalue weighted by atomic mass is 9.99. The van der Waals surface area contributed by atoms with Gasteiger partial charge < -0.3 is 35.5 Å².